The van der Waals surface area contributed by atoms with E-state index in [1.54, 1.807) is 12.5 Å². The number of benzene rings is 1. The molecule has 1 aliphatic heterocycles. The molecule has 5 heteroatoms. The fourth-order valence-corrected chi connectivity index (χ4v) is 2.22. The lowest BCUT2D eigenvalue weighted by molar-refractivity contribution is 0.299. The molecule has 0 fully saturated rings. The maximum Gasteiger partial charge on any atom is 0.142 e. The van der Waals surface area contributed by atoms with Gasteiger partial charge in [0.15, 0.2) is 0 Å². The van der Waals surface area contributed by atoms with Crippen molar-refractivity contribution in [1.82, 2.24) is 9.55 Å². The summed E-state index contributed by atoms with van der Waals surface area (Å²) in [5.74, 6) is 0.886. The Balaban J connectivity index is 1.68. The molecule has 0 saturated carbocycles. The molecule has 1 aromatic carbocycles. The molecule has 94 valence electrons. The molecule has 0 amide bonds. The standard InChI is InChI=1S/C13H16N4O/c14-11-1-2-12(13-10(11)3-4-16-13)18-8-7-17-6-5-15-9-17/h1-2,5-6,9,16H,3-4,7-8,14H2. The Bertz CT molecular complexity index is 536. The number of hydrogen-bond donors (Lipinski definition) is 2. The summed E-state index contributed by atoms with van der Waals surface area (Å²) in [6.45, 7) is 2.34. The maximum atomic E-state index is 5.94. The van der Waals surface area contributed by atoms with Gasteiger partial charge < -0.3 is 20.4 Å². The molecule has 0 atom stereocenters. The number of rotatable bonds is 4. The fraction of sp³-hybridized carbons (Fsp3) is 0.308. The van der Waals surface area contributed by atoms with Gasteiger partial charge in [-0.1, -0.05) is 0 Å². The first kappa shape index (κ1) is 11.0. The Labute approximate surface area is 106 Å². The number of aromatic nitrogens is 2. The molecule has 1 aromatic heterocycles. The number of imidazole rings is 1. The molecular weight excluding hydrogens is 228 g/mol. The van der Waals surface area contributed by atoms with Gasteiger partial charge in [0.05, 0.1) is 18.6 Å². The van der Waals surface area contributed by atoms with Gasteiger partial charge in [0, 0.05) is 30.2 Å². The van der Waals surface area contributed by atoms with Crippen molar-refractivity contribution in [2.75, 3.05) is 24.2 Å². The van der Waals surface area contributed by atoms with E-state index in [1.807, 2.05) is 22.9 Å². The first-order valence-electron chi connectivity index (χ1n) is 6.08. The molecule has 0 spiro atoms. The van der Waals surface area contributed by atoms with Crippen molar-refractivity contribution in [3.63, 3.8) is 0 Å². The van der Waals surface area contributed by atoms with Crippen molar-refractivity contribution in [1.29, 1.82) is 0 Å². The highest BCUT2D eigenvalue weighted by Gasteiger charge is 2.17. The summed E-state index contributed by atoms with van der Waals surface area (Å²) < 4.78 is 7.80. The van der Waals surface area contributed by atoms with Crippen LogP contribution in [0.3, 0.4) is 0 Å². The van der Waals surface area contributed by atoms with E-state index in [2.05, 4.69) is 10.3 Å². The molecule has 3 rings (SSSR count). The maximum absolute atomic E-state index is 5.94. The molecule has 3 N–H and O–H groups in total. The number of nitrogen functional groups attached to an aromatic ring is 1. The summed E-state index contributed by atoms with van der Waals surface area (Å²) in [5.41, 5.74) is 9.02. The van der Waals surface area contributed by atoms with Gasteiger partial charge >= 0.3 is 0 Å². The Morgan fingerprint density at radius 3 is 3.22 bits per heavy atom. The lowest BCUT2D eigenvalue weighted by atomic mass is 10.1. The summed E-state index contributed by atoms with van der Waals surface area (Å²) in [7, 11) is 0. The summed E-state index contributed by atoms with van der Waals surface area (Å²) >= 11 is 0. The van der Waals surface area contributed by atoms with Crippen molar-refractivity contribution in [3.8, 4) is 5.75 Å². The number of ether oxygens (including phenoxy) is 1. The van der Waals surface area contributed by atoms with E-state index in [9.17, 15) is 0 Å². The van der Waals surface area contributed by atoms with Crippen LogP contribution in [0.2, 0.25) is 0 Å². The minimum Gasteiger partial charge on any atom is -0.490 e. The normalized spacial score (nSPS) is 13.1. The zero-order valence-electron chi connectivity index (χ0n) is 10.1. The van der Waals surface area contributed by atoms with Gasteiger partial charge in [-0.2, -0.15) is 0 Å². The third-order valence-corrected chi connectivity index (χ3v) is 3.15. The number of anilines is 2. The fourth-order valence-electron chi connectivity index (χ4n) is 2.22. The van der Waals surface area contributed by atoms with Gasteiger partial charge in [-0.05, 0) is 18.6 Å². The van der Waals surface area contributed by atoms with Crippen LogP contribution in [0.4, 0.5) is 11.4 Å². The second kappa shape index (κ2) is 4.60. The zero-order valence-corrected chi connectivity index (χ0v) is 10.1. The molecule has 0 saturated heterocycles. The molecule has 5 nitrogen and oxygen atoms in total. The van der Waals surface area contributed by atoms with E-state index >= 15 is 0 Å². The average Bonchev–Trinajstić information content (AvgIpc) is 3.02. The Hall–Kier alpha value is -2.17. The highest BCUT2D eigenvalue weighted by Crippen LogP contribution is 2.36. The monoisotopic (exact) mass is 244 g/mol. The highest BCUT2D eigenvalue weighted by atomic mass is 16.5. The third kappa shape index (κ3) is 1.99. The Morgan fingerprint density at radius 1 is 1.44 bits per heavy atom. The molecule has 0 aliphatic carbocycles. The van der Waals surface area contributed by atoms with Gasteiger partial charge in [-0.15, -0.1) is 0 Å². The van der Waals surface area contributed by atoms with Crippen LogP contribution in [0, 0.1) is 0 Å². The van der Waals surface area contributed by atoms with E-state index in [0.29, 0.717) is 6.61 Å². The lowest BCUT2D eigenvalue weighted by Gasteiger charge is -2.12. The van der Waals surface area contributed by atoms with Crippen molar-refractivity contribution in [3.05, 3.63) is 36.4 Å². The minimum absolute atomic E-state index is 0.619. The summed E-state index contributed by atoms with van der Waals surface area (Å²) in [6.07, 6.45) is 6.45. The highest BCUT2D eigenvalue weighted by molar-refractivity contribution is 5.73. The molecule has 0 radical (unpaired) electrons. The number of nitrogens with zero attached hydrogens (tertiary/aromatic N) is 2. The lowest BCUT2D eigenvalue weighted by Crippen LogP contribution is -2.07. The Kier molecular flexibility index (Phi) is 2.80. The van der Waals surface area contributed by atoms with Crippen LogP contribution in [0.15, 0.2) is 30.9 Å². The quantitative estimate of drug-likeness (QED) is 0.800. The van der Waals surface area contributed by atoms with E-state index < -0.39 is 0 Å². The average molecular weight is 244 g/mol. The molecule has 2 aromatic rings. The van der Waals surface area contributed by atoms with E-state index in [1.165, 1.54) is 5.56 Å². The second-order valence-corrected chi connectivity index (χ2v) is 4.33. The smallest absolute Gasteiger partial charge is 0.142 e. The third-order valence-electron chi connectivity index (χ3n) is 3.15. The first-order valence-corrected chi connectivity index (χ1v) is 6.08. The van der Waals surface area contributed by atoms with Gasteiger partial charge in [-0.3, -0.25) is 0 Å². The van der Waals surface area contributed by atoms with Crippen molar-refractivity contribution >= 4 is 11.4 Å². The predicted octanol–water partition coefficient (Wildman–Crippen LogP) is 1.51. The van der Waals surface area contributed by atoms with Gasteiger partial charge in [0.1, 0.15) is 12.4 Å². The topological polar surface area (TPSA) is 65.1 Å². The first-order chi connectivity index (χ1) is 8.84. The van der Waals surface area contributed by atoms with Crippen LogP contribution in [0.1, 0.15) is 5.56 Å². The summed E-state index contributed by atoms with van der Waals surface area (Å²) in [6, 6.07) is 3.85. The minimum atomic E-state index is 0.619. The number of fused-ring (bicyclic) bond motifs is 1. The van der Waals surface area contributed by atoms with Crippen LogP contribution in [0.25, 0.3) is 0 Å². The van der Waals surface area contributed by atoms with Gasteiger partial charge in [-0.25, -0.2) is 4.98 Å². The number of nitrogens with two attached hydrogens (primary N) is 1. The molecule has 0 bridgehead atoms. The van der Waals surface area contributed by atoms with E-state index in [4.69, 9.17) is 10.5 Å². The van der Waals surface area contributed by atoms with Crippen molar-refractivity contribution in [2.45, 2.75) is 13.0 Å². The molecule has 0 unspecified atom stereocenters. The summed E-state index contributed by atoms with van der Waals surface area (Å²) in [5, 5.41) is 3.33. The van der Waals surface area contributed by atoms with Crippen molar-refractivity contribution < 1.29 is 4.74 Å². The van der Waals surface area contributed by atoms with Gasteiger partial charge in [0.25, 0.3) is 0 Å². The van der Waals surface area contributed by atoms with E-state index in [-0.39, 0.29) is 0 Å². The summed E-state index contributed by atoms with van der Waals surface area (Å²) in [4.78, 5) is 4.00. The van der Waals surface area contributed by atoms with Crippen LogP contribution >= 0.6 is 0 Å². The molecular formula is C13H16N4O. The molecule has 1 aliphatic rings. The van der Waals surface area contributed by atoms with Crippen LogP contribution < -0.4 is 15.8 Å². The van der Waals surface area contributed by atoms with Crippen LogP contribution in [-0.2, 0) is 13.0 Å². The number of hydrogen-bond acceptors (Lipinski definition) is 4. The van der Waals surface area contributed by atoms with Crippen LogP contribution in [-0.4, -0.2) is 22.7 Å². The Morgan fingerprint density at radius 2 is 2.39 bits per heavy atom. The van der Waals surface area contributed by atoms with Crippen LogP contribution in [0.5, 0.6) is 5.75 Å². The second-order valence-electron chi connectivity index (χ2n) is 4.33. The van der Waals surface area contributed by atoms with Crippen molar-refractivity contribution in [2.24, 2.45) is 0 Å². The molecule has 18 heavy (non-hydrogen) atoms. The zero-order chi connectivity index (χ0) is 12.4. The largest absolute Gasteiger partial charge is 0.490 e. The molecule has 2 heterocycles. The predicted molar refractivity (Wildman–Crippen MR) is 70.8 cm³/mol. The number of nitrogens with one attached hydrogen (secondary N) is 1. The van der Waals surface area contributed by atoms with Gasteiger partial charge in [0.2, 0.25) is 0 Å². The SMILES string of the molecule is Nc1ccc(OCCn2ccnc2)c2c1CCN2. The van der Waals surface area contributed by atoms with E-state index in [0.717, 1.165) is 36.6 Å².